The van der Waals surface area contributed by atoms with Crippen LogP contribution < -0.4 is 35.9 Å². The summed E-state index contributed by atoms with van der Waals surface area (Å²) in [7, 11) is 4.71. The predicted octanol–water partition coefficient (Wildman–Crippen LogP) is 8.50. The number of benzene rings is 5. The summed E-state index contributed by atoms with van der Waals surface area (Å²) < 4.78 is 16.3. The number of rotatable bonds is 9. The van der Waals surface area contributed by atoms with E-state index in [0.717, 1.165) is 28.0 Å². The first-order valence-corrected chi connectivity index (χ1v) is 15.6. The number of carbonyl (C=O) groups excluding carboxylic acids is 2. The molecular formula is C40H37N5O5. The Morgan fingerprint density at radius 1 is 0.620 bits per heavy atom. The Hall–Kier alpha value is -6.81. The van der Waals surface area contributed by atoms with E-state index in [-0.39, 0.29) is 11.6 Å². The summed E-state index contributed by atoms with van der Waals surface area (Å²) in [6, 6.07) is 41.1. The van der Waals surface area contributed by atoms with Crippen molar-refractivity contribution in [2.75, 3.05) is 37.6 Å². The van der Waals surface area contributed by atoms with Crippen LogP contribution in [0.4, 0.5) is 21.9 Å². The molecule has 0 saturated carbocycles. The smallest absolute Gasteiger partial charge is 0.323 e. The fourth-order valence-corrected chi connectivity index (χ4v) is 4.91. The summed E-state index contributed by atoms with van der Waals surface area (Å²) in [5, 5.41) is 8.17. The van der Waals surface area contributed by atoms with E-state index in [1.54, 1.807) is 50.6 Å². The zero-order chi connectivity index (χ0) is 35.3. The van der Waals surface area contributed by atoms with E-state index in [1.165, 1.54) is 13.2 Å². The molecule has 1 heterocycles. The van der Waals surface area contributed by atoms with Gasteiger partial charge < -0.3 is 35.9 Å². The van der Waals surface area contributed by atoms with Crippen molar-refractivity contribution in [3.63, 3.8) is 0 Å². The number of pyridine rings is 1. The van der Waals surface area contributed by atoms with Crippen molar-refractivity contribution >= 4 is 29.0 Å². The van der Waals surface area contributed by atoms with Crippen LogP contribution in [0.3, 0.4) is 0 Å². The van der Waals surface area contributed by atoms with Crippen LogP contribution >= 0.6 is 0 Å². The minimum absolute atomic E-state index is 0.256. The quantitative estimate of drug-likeness (QED) is 0.114. The van der Waals surface area contributed by atoms with Crippen molar-refractivity contribution in [2.24, 2.45) is 0 Å². The maximum Gasteiger partial charge on any atom is 0.323 e. The number of nitrogen functional groups attached to an aromatic ring is 1. The van der Waals surface area contributed by atoms with E-state index in [1.807, 2.05) is 84.9 Å². The van der Waals surface area contributed by atoms with E-state index >= 15 is 0 Å². The second kappa shape index (κ2) is 16.8. The van der Waals surface area contributed by atoms with Crippen LogP contribution in [0.1, 0.15) is 10.5 Å². The number of hydrogen-bond acceptors (Lipinski definition) is 7. The van der Waals surface area contributed by atoms with Crippen LogP contribution in [0.25, 0.3) is 22.3 Å². The van der Waals surface area contributed by atoms with Gasteiger partial charge in [0.15, 0.2) is 0 Å². The van der Waals surface area contributed by atoms with Gasteiger partial charge in [0.05, 0.1) is 25.6 Å². The number of urea groups is 1. The molecule has 0 bridgehead atoms. The first-order chi connectivity index (χ1) is 24.4. The Balaban J connectivity index is 0.000000269. The zero-order valence-electron chi connectivity index (χ0n) is 27.8. The van der Waals surface area contributed by atoms with Gasteiger partial charge in [0, 0.05) is 25.0 Å². The topological polar surface area (TPSA) is 137 Å². The molecule has 3 amide bonds. The number of methoxy groups -OCH3 is 2. The average Bonchev–Trinajstić information content (AvgIpc) is 3.16. The normalized spacial score (nSPS) is 10.1. The SMILES string of the molecule is CNC(=O)c1cc(Oc2ccc(NC(=O)Nc3cc(-c4ccccc4)ccc3OC)cc2)ccn1.COc1ccc(-c2ccccc2)cc1N. The highest BCUT2D eigenvalue weighted by Crippen LogP contribution is 2.31. The third kappa shape index (κ3) is 9.17. The Labute approximate surface area is 290 Å². The van der Waals surface area contributed by atoms with Gasteiger partial charge in [-0.05, 0) is 76.9 Å². The Morgan fingerprint density at radius 2 is 1.22 bits per heavy atom. The largest absolute Gasteiger partial charge is 0.495 e. The number of nitrogens with two attached hydrogens (primary N) is 1. The summed E-state index contributed by atoms with van der Waals surface area (Å²) in [6.45, 7) is 0. The van der Waals surface area contributed by atoms with E-state index in [2.05, 4.69) is 33.1 Å². The fraction of sp³-hybridized carbons (Fsp3) is 0.0750. The molecule has 0 spiro atoms. The lowest BCUT2D eigenvalue weighted by atomic mass is 10.0. The first-order valence-electron chi connectivity index (χ1n) is 15.6. The molecular weight excluding hydrogens is 630 g/mol. The molecule has 0 aliphatic heterocycles. The number of amides is 3. The molecule has 0 fully saturated rings. The molecule has 0 atom stereocenters. The molecule has 50 heavy (non-hydrogen) atoms. The van der Waals surface area contributed by atoms with Gasteiger partial charge in [-0.3, -0.25) is 9.78 Å². The molecule has 10 nitrogen and oxygen atoms in total. The summed E-state index contributed by atoms with van der Waals surface area (Å²) in [4.78, 5) is 28.4. The molecule has 5 aromatic carbocycles. The van der Waals surface area contributed by atoms with E-state index < -0.39 is 6.03 Å². The Morgan fingerprint density at radius 3 is 1.80 bits per heavy atom. The molecule has 1 aromatic heterocycles. The van der Waals surface area contributed by atoms with Crippen molar-refractivity contribution in [1.82, 2.24) is 10.3 Å². The lowest BCUT2D eigenvalue weighted by Crippen LogP contribution is -2.19. The van der Waals surface area contributed by atoms with Gasteiger partial charge in [0.1, 0.15) is 28.7 Å². The number of carbonyl (C=O) groups is 2. The van der Waals surface area contributed by atoms with Gasteiger partial charge in [-0.2, -0.15) is 0 Å². The summed E-state index contributed by atoms with van der Waals surface area (Å²) in [5.74, 6) is 1.99. The Kier molecular flexibility index (Phi) is 11.6. The number of aromatic nitrogens is 1. The second-order valence-corrected chi connectivity index (χ2v) is 10.8. The maximum absolute atomic E-state index is 12.6. The van der Waals surface area contributed by atoms with Crippen molar-refractivity contribution in [1.29, 1.82) is 0 Å². The van der Waals surface area contributed by atoms with Crippen LogP contribution in [0.5, 0.6) is 23.0 Å². The van der Waals surface area contributed by atoms with Crippen molar-refractivity contribution in [2.45, 2.75) is 0 Å². The highest BCUT2D eigenvalue weighted by atomic mass is 16.5. The van der Waals surface area contributed by atoms with E-state index in [0.29, 0.717) is 34.3 Å². The van der Waals surface area contributed by atoms with Crippen LogP contribution in [0.2, 0.25) is 0 Å². The number of ether oxygens (including phenoxy) is 3. The molecule has 0 aliphatic carbocycles. The standard InChI is InChI=1S/C27H24N4O4.C13H13NO/c1-28-26(32)24-17-22(14-15-29-24)35-21-11-9-20(10-12-21)30-27(33)31-23-16-19(8-13-25(23)34-2)18-6-4-3-5-7-18;1-15-13-8-7-11(9-12(13)14)10-5-3-2-4-6-10/h3-17H,1-2H3,(H,28,32)(H2,30,31,33);2-9H,14H2,1H3. The van der Waals surface area contributed by atoms with Gasteiger partial charge >= 0.3 is 6.03 Å². The molecule has 0 aliphatic rings. The fourth-order valence-electron chi connectivity index (χ4n) is 4.91. The van der Waals surface area contributed by atoms with Crippen LogP contribution in [0.15, 0.2) is 140 Å². The van der Waals surface area contributed by atoms with Crippen LogP contribution in [-0.2, 0) is 0 Å². The molecule has 0 radical (unpaired) electrons. The molecule has 0 saturated heterocycles. The molecule has 6 aromatic rings. The summed E-state index contributed by atoms with van der Waals surface area (Å²) in [5.41, 5.74) is 12.2. The molecule has 10 heteroatoms. The number of nitrogens with one attached hydrogen (secondary N) is 3. The van der Waals surface area contributed by atoms with Crippen LogP contribution in [-0.4, -0.2) is 38.2 Å². The number of hydrogen-bond donors (Lipinski definition) is 4. The van der Waals surface area contributed by atoms with Gasteiger partial charge in [-0.25, -0.2) is 4.79 Å². The van der Waals surface area contributed by atoms with E-state index in [9.17, 15) is 9.59 Å². The summed E-state index contributed by atoms with van der Waals surface area (Å²) >= 11 is 0. The maximum atomic E-state index is 12.6. The van der Waals surface area contributed by atoms with Crippen molar-refractivity contribution < 1.29 is 23.8 Å². The monoisotopic (exact) mass is 667 g/mol. The molecule has 6 rings (SSSR count). The van der Waals surface area contributed by atoms with E-state index in [4.69, 9.17) is 19.9 Å². The van der Waals surface area contributed by atoms with Crippen molar-refractivity contribution in [3.05, 3.63) is 145 Å². The summed E-state index contributed by atoms with van der Waals surface area (Å²) in [6.07, 6.45) is 1.50. The van der Waals surface area contributed by atoms with Gasteiger partial charge in [0.25, 0.3) is 5.91 Å². The zero-order valence-corrected chi connectivity index (χ0v) is 27.8. The van der Waals surface area contributed by atoms with Crippen LogP contribution in [0, 0.1) is 0 Å². The first kappa shape index (κ1) is 34.5. The number of nitrogens with zero attached hydrogens (tertiary/aromatic N) is 1. The van der Waals surface area contributed by atoms with Gasteiger partial charge in [-0.1, -0.05) is 72.8 Å². The molecule has 0 unspecified atom stereocenters. The lowest BCUT2D eigenvalue weighted by Gasteiger charge is -2.13. The Bertz CT molecular complexity index is 2040. The minimum atomic E-state index is -0.411. The molecule has 252 valence electrons. The molecule has 5 N–H and O–H groups in total. The highest BCUT2D eigenvalue weighted by Gasteiger charge is 2.11. The average molecular weight is 668 g/mol. The predicted molar refractivity (Wildman–Crippen MR) is 198 cm³/mol. The minimum Gasteiger partial charge on any atom is -0.495 e. The third-order valence-electron chi connectivity index (χ3n) is 7.43. The van der Waals surface area contributed by atoms with Crippen molar-refractivity contribution in [3.8, 4) is 45.3 Å². The third-order valence-corrected chi connectivity index (χ3v) is 7.43. The lowest BCUT2D eigenvalue weighted by molar-refractivity contribution is 0.0957. The van der Waals surface area contributed by atoms with Gasteiger partial charge in [-0.15, -0.1) is 0 Å². The highest BCUT2D eigenvalue weighted by molar-refractivity contribution is 6.01. The van der Waals surface area contributed by atoms with Gasteiger partial charge in [0.2, 0.25) is 0 Å². The number of anilines is 3. The second-order valence-electron chi connectivity index (χ2n) is 10.8.